The highest BCUT2D eigenvalue weighted by molar-refractivity contribution is 5.21. The van der Waals surface area contributed by atoms with Gasteiger partial charge in [0, 0.05) is 12.8 Å². The van der Waals surface area contributed by atoms with Gasteiger partial charge in [-0.15, -0.1) is 6.58 Å². The minimum atomic E-state index is -0.670. The zero-order valence-corrected chi connectivity index (χ0v) is 14.0. The van der Waals surface area contributed by atoms with E-state index in [-0.39, 0.29) is 0 Å². The summed E-state index contributed by atoms with van der Waals surface area (Å²) in [6.07, 6.45) is 8.68. The number of hydrogen-bond donors (Lipinski definition) is 1. The van der Waals surface area contributed by atoms with Crippen molar-refractivity contribution in [2.45, 2.75) is 50.5 Å². The molecule has 0 fully saturated rings. The highest BCUT2D eigenvalue weighted by atomic mass is 16.3. The van der Waals surface area contributed by atoms with E-state index in [1.807, 2.05) is 42.5 Å². The van der Waals surface area contributed by atoms with Gasteiger partial charge in [-0.2, -0.15) is 0 Å². The summed E-state index contributed by atoms with van der Waals surface area (Å²) in [5.41, 5.74) is 1.74. The zero-order chi connectivity index (χ0) is 16.4. The van der Waals surface area contributed by atoms with E-state index >= 15 is 0 Å². The van der Waals surface area contributed by atoms with E-state index in [0.717, 1.165) is 32.1 Å². The molecule has 0 unspecified atom stereocenters. The van der Waals surface area contributed by atoms with Crippen LogP contribution >= 0.6 is 0 Å². The maximum absolute atomic E-state index is 11.3. The maximum Gasteiger partial charge on any atom is 0.0728 e. The van der Waals surface area contributed by atoms with Gasteiger partial charge in [0.25, 0.3) is 0 Å². The second-order valence-electron chi connectivity index (χ2n) is 6.44. The smallest absolute Gasteiger partial charge is 0.0728 e. The lowest BCUT2D eigenvalue weighted by Crippen LogP contribution is -2.34. The van der Waals surface area contributed by atoms with Gasteiger partial charge in [0.2, 0.25) is 0 Å². The molecule has 23 heavy (non-hydrogen) atoms. The zero-order valence-electron chi connectivity index (χ0n) is 14.0. The van der Waals surface area contributed by atoms with E-state index in [1.165, 1.54) is 11.1 Å². The first-order valence-corrected chi connectivity index (χ1v) is 8.63. The van der Waals surface area contributed by atoms with Crippen molar-refractivity contribution in [3.63, 3.8) is 0 Å². The number of rotatable bonds is 10. The molecule has 0 atom stereocenters. The Morgan fingerprint density at radius 2 is 1.30 bits per heavy atom. The lowest BCUT2D eigenvalue weighted by Gasteiger charge is -2.29. The average Bonchev–Trinajstić information content (AvgIpc) is 2.56. The number of hydrogen-bond acceptors (Lipinski definition) is 1. The lowest BCUT2D eigenvalue weighted by molar-refractivity contribution is 0.0293. The molecule has 0 bridgehead atoms. The van der Waals surface area contributed by atoms with Gasteiger partial charge < -0.3 is 5.11 Å². The molecule has 1 nitrogen and oxygen atoms in total. The second-order valence-corrected chi connectivity index (χ2v) is 6.44. The van der Waals surface area contributed by atoms with E-state index in [0.29, 0.717) is 12.8 Å². The summed E-state index contributed by atoms with van der Waals surface area (Å²) in [6.45, 7) is 3.77. The second kappa shape index (κ2) is 9.32. The number of unbranched alkanes of at least 4 members (excludes halogenated alkanes) is 3. The van der Waals surface area contributed by atoms with Crippen molar-refractivity contribution in [3.05, 3.63) is 84.4 Å². The first kappa shape index (κ1) is 17.5. The van der Waals surface area contributed by atoms with Crippen LogP contribution in [0.3, 0.4) is 0 Å². The quantitative estimate of drug-likeness (QED) is 0.464. The van der Waals surface area contributed by atoms with Crippen molar-refractivity contribution < 1.29 is 5.11 Å². The molecule has 2 rings (SSSR count). The van der Waals surface area contributed by atoms with Crippen molar-refractivity contribution >= 4 is 0 Å². The third-order valence-electron chi connectivity index (χ3n) is 4.30. The van der Waals surface area contributed by atoms with Gasteiger partial charge in [0.05, 0.1) is 5.60 Å². The Labute approximate surface area is 140 Å². The molecule has 0 heterocycles. The summed E-state index contributed by atoms with van der Waals surface area (Å²) >= 11 is 0. The Hall–Kier alpha value is -1.86. The topological polar surface area (TPSA) is 20.2 Å². The minimum Gasteiger partial charge on any atom is -0.389 e. The highest BCUT2D eigenvalue weighted by Gasteiger charge is 2.27. The normalized spacial score (nSPS) is 11.3. The first-order chi connectivity index (χ1) is 11.2. The third kappa shape index (κ3) is 6.42. The molecule has 0 radical (unpaired) electrons. The fraction of sp³-hybridized carbons (Fsp3) is 0.364. The van der Waals surface area contributed by atoms with Crippen LogP contribution in [0.25, 0.3) is 0 Å². The van der Waals surface area contributed by atoms with Gasteiger partial charge in [-0.1, -0.05) is 79.6 Å². The van der Waals surface area contributed by atoms with Gasteiger partial charge >= 0.3 is 0 Å². The molecule has 2 aromatic rings. The molecule has 122 valence electrons. The van der Waals surface area contributed by atoms with Crippen LogP contribution < -0.4 is 0 Å². The van der Waals surface area contributed by atoms with Gasteiger partial charge in [0.15, 0.2) is 0 Å². The van der Waals surface area contributed by atoms with Gasteiger partial charge in [-0.05, 0) is 30.4 Å². The van der Waals surface area contributed by atoms with E-state index < -0.39 is 5.60 Å². The summed E-state index contributed by atoms with van der Waals surface area (Å²) in [5.74, 6) is 0. The summed E-state index contributed by atoms with van der Waals surface area (Å²) in [4.78, 5) is 0. The fourth-order valence-electron chi connectivity index (χ4n) is 3.11. The summed E-state index contributed by atoms with van der Waals surface area (Å²) in [7, 11) is 0. The predicted octanol–water partition coefficient (Wildman–Crippen LogP) is 5.34. The molecule has 0 amide bonds. The Morgan fingerprint density at radius 1 is 0.783 bits per heavy atom. The molecule has 1 N–H and O–H groups in total. The maximum atomic E-state index is 11.3. The Kier molecular flexibility index (Phi) is 7.09. The van der Waals surface area contributed by atoms with Crippen molar-refractivity contribution in [1.29, 1.82) is 0 Å². The minimum absolute atomic E-state index is 0.670. The van der Waals surface area contributed by atoms with E-state index in [1.54, 1.807) is 0 Å². The van der Waals surface area contributed by atoms with Crippen LogP contribution in [0.1, 0.15) is 43.2 Å². The van der Waals surface area contributed by atoms with Crippen molar-refractivity contribution in [2.24, 2.45) is 0 Å². The van der Waals surface area contributed by atoms with Gasteiger partial charge in [-0.3, -0.25) is 0 Å². The lowest BCUT2D eigenvalue weighted by atomic mass is 9.83. The van der Waals surface area contributed by atoms with E-state index in [2.05, 4.69) is 30.8 Å². The standard InChI is InChI=1S/C22H28O/c1-2-3-4-5-12-17-22(23,18-20-13-8-6-9-14-20)19-21-15-10-7-11-16-21/h2,6-11,13-16,23H,1,3-5,12,17-19H2. The number of aliphatic hydroxyl groups is 1. The molecule has 0 aliphatic heterocycles. The Bertz CT molecular complexity index is 518. The van der Waals surface area contributed by atoms with Crippen LogP contribution in [0.15, 0.2) is 73.3 Å². The molecule has 1 heteroatoms. The van der Waals surface area contributed by atoms with Crippen LogP contribution in [0.5, 0.6) is 0 Å². The summed E-state index contributed by atoms with van der Waals surface area (Å²) in [5, 5.41) is 11.3. The van der Waals surface area contributed by atoms with Crippen molar-refractivity contribution in [1.82, 2.24) is 0 Å². The van der Waals surface area contributed by atoms with Gasteiger partial charge in [0.1, 0.15) is 0 Å². The largest absolute Gasteiger partial charge is 0.389 e. The van der Waals surface area contributed by atoms with E-state index in [4.69, 9.17) is 0 Å². The Morgan fingerprint density at radius 3 is 1.78 bits per heavy atom. The number of allylic oxidation sites excluding steroid dienone is 1. The van der Waals surface area contributed by atoms with Crippen LogP contribution in [0.4, 0.5) is 0 Å². The van der Waals surface area contributed by atoms with Crippen LogP contribution in [0, 0.1) is 0 Å². The van der Waals surface area contributed by atoms with Crippen LogP contribution in [-0.2, 0) is 12.8 Å². The van der Waals surface area contributed by atoms with Crippen molar-refractivity contribution in [2.75, 3.05) is 0 Å². The van der Waals surface area contributed by atoms with Gasteiger partial charge in [-0.25, -0.2) is 0 Å². The monoisotopic (exact) mass is 308 g/mol. The third-order valence-corrected chi connectivity index (χ3v) is 4.30. The number of benzene rings is 2. The summed E-state index contributed by atoms with van der Waals surface area (Å²) < 4.78 is 0. The van der Waals surface area contributed by atoms with Crippen LogP contribution in [-0.4, -0.2) is 10.7 Å². The average molecular weight is 308 g/mol. The van der Waals surface area contributed by atoms with E-state index in [9.17, 15) is 5.11 Å². The van der Waals surface area contributed by atoms with Crippen LogP contribution in [0.2, 0.25) is 0 Å². The molecular weight excluding hydrogens is 280 g/mol. The molecule has 0 aliphatic rings. The fourth-order valence-corrected chi connectivity index (χ4v) is 3.11. The molecular formula is C22H28O. The molecule has 0 saturated carbocycles. The van der Waals surface area contributed by atoms with Crippen molar-refractivity contribution in [3.8, 4) is 0 Å². The molecule has 0 spiro atoms. The highest BCUT2D eigenvalue weighted by Crippen LogP contribution is 2.25. The Balaban J connectivity index is 2.01. The SMILES string of the molecule is C=CCCCCCC(O)(Cc1ccccc1)Cc1ccccc1. The molecule has 2 aromatic carbocycles. The molecule has 0 saturated heterocycles. The summed E-state index contributed by atoms with van der Waals surface area (Å²) in [6, 6.07) is 20.6. The predicted molar refractivity (Wildman–Crippen MR) is 98.5 cm³/mol. The molecule has 0 aliphatic carbocycles. The molecule has 0 aromatic heterocycles. The first-order valence-electron chi connectivity index (χ1n) is 8.63.